The molecule has 1 aromatic rings. The first-order valence-electron chi connectivity index (χ1n) is 6.04. The second kappa shape index (κ2) is 5.64. The number of carboxylic acids is 1. The van der Waals surface area contributed by atoms with Crippen LogP contribution in [0.2, 0.25) is 10.0 Å². The topological polar surface area (TPSA) is 86.7 Å². The van der Waals surface area contributed by atoms with Gasteiger partial charge in [0.25, 0.3) is 0 Å². The Morgan fingerprint density at radius 1 is 1.48 bits per heavy atom. The van der Waals surface area contributed by atoms with Crippen molar-refractivity contribution in [1.82, 2.24) is 4.31 Å². The summed E-state index contributed by atoms with van der Waals surface area (Å²) in [6.45, 7) is 1.93. The molecule has 1 aliphatic rings. The summed E-state index contributed by atoms with van der Waals surface area (Å²) in [5.74, 6) is -1.30. The predicted molar refractivity (Wildman–Crippen MR) is 75.1 cm³/mol. The standard InChI is InChI=1S/C12H13Cl2NO5S/c1-3-15(2)21(18,19)8-5-6-4-7(12(16)17)20-11(6)10(14)9(8)13/h5,7H,3-4H2,1-2H3,(H,16,17)/p-1. The Kier molecular flexibility index (Phi) is 4.39. The van der Waals surface area contributed by atoms with E-state index in [0.717, 1.165) is 4.31 Å². The molecule has 1 unspecified atom stereocenters. The van der Waals surface area contributed by atoms with Crippen molar-refractivity contribution >= 4 is 39.2 Å². The molecular weight excluding hydrogens is 341 g/mol. The number of benzene rings is 1. The van der Waals surface area contributed by atoms with Crippen molar-refractivity contribution in [2.24, 2.45) is 0 Å². The van der Waals surface area contributed by atoms with Crippen LogP contribution in [0, 0.1) is 0 Å². The second-order valence-electron chi connectivity index (χ2n) is 4.54. The van der Waals surface area contributed by atoms with Gasteiger partial charge in [0.05, 0.1) is 11.0 Å². The molecule has 2 rings (SSSR count). The fourth-order valence-corrected chi connectivity index (χ4v) is 4.01. The summed E-state index contributed by atoms with van der Waals surface area (Å²) < 4.78 is 31.0. The lowest BCUT2D eigenvalue weighted by atomic mass is 10.1. The van der Waals surface area contributed by atoms with E-state index in [2.05, 4.69) is 0 Å². The Morgan fingerprint density at radius 3 is 2.62 bits per heavy atom. The number of ether oxygens (including phenoxy) is 1. The first-order chi connectivity index (χ1) is 9.70. The molecule has 9 heteroatoms. The van der Waals surface area contributed by atoms with Crippen LogP contribution in [0.25, 0.3) is 0 Å². The van der Waals surface area contributed by atoms with E-state index < -0.39 is 22.1 Å². The van der Waals surface area contributed by atoms with Gasteiger partial charge in [-0.25, -0.2) is 12.7 Å². The summed E-state index contributed by atoms with van der Waals surface area (Å²) in [7, 11) is -2.39. The molecule has 0 aromatic heterocycles. The largest absolute Gasteiger partial charge is 0.546 e. The minimum Gasteiger partial charge on any atom is -0.546 e. The Balaban J connectivity index is 2.57. The van der Waals surface area contributed by atoms with Gasteiger partial charge in [-0.05, 0) is 6.07 Å². The average molecular weight is 353 g/mol. The number of aliphatic carboxylic acids is 1. The molecule has 1 aliphatic heterocycles. The maximum atomic E-state index is 12.4. The van der Waals surface area contributed by atoms with E-state index in [9.17, 15) is 18.3 Å². The third-order valence-electron chi connectivity index (χ3n) is 3.27. The van der Waals surface area contributed by atoms with Crippen LogP contribution in [-0.2, 0) is 21.2 Å². The summed E-state index contributed by atoms with van der Waals surface area (Å²) in [5.41, 5.74) is 0.377. The van der Waals surface area contributed by atoms with Gasteiger partial charge in [-0.2, -0.15) is 0 Å². The molecule has 0 radical (unpaired) electrons. The van der Waals surface area contributed by atoms with Crippen LogP contribution in [0.15, 0.2) is 11.0 Å². The van der Waals surface area contributed by atoms with E-state index in [1.807, 2.05) is 0 Å². The number of nitrogens with zero attached hydrogens (tertiary/aromatic N) is 1. The quantitative estimate of drug-likeness (QED) is 0.795. The van der Waals surface area contributed by atoms with Crippen LogP contribution in [0.1, 0.15) is 12.5 Å². The maximum absolute atomic E-state index is 12.4. The highest BCUT2D eigenvalue weighted by atomic mass is 35.5. The molecule has 0 fully saturated rings. The Hall–Kier alpha value is -1.02. The van der Waals surface area contributed by atoms with Crippen LogP contribution >= 0.6 is 23.2 Å². The molecule has 0 saturated heterocycles. The molecule has 0 aliphatic carbocycles. The number of carbonyl (C=O) groups is 1. The molecule has 0 N–H and O–H groups in total. The zero-order valence-corrected chi connectivity index (χ0v) is 13.5. The highest BCUT2D eigenvalue weighted by molar-refractivity contribution is 7.89. The van der Waals surface area contributed by atoms with Gasteiger partial charge in [-0.3, -0.25) is 0 Å². The van der Waals surface area contributed by atoms with Gasteiger partial charge < -0.3 is 14.6 Å². The monoisotopic (exact) mass is 352 g/mol. The summed E-state index contributed by atoms with van der Waals surface area (Å²) in [6.07, 6.45) is -1.22. The summed E-state index contributed by atoms with van der Waals surface area (Å²) in [6, 6.07) is 1.30. The number of hydrogen-bond donors (Lipinski definition) is 0. The molecule has 1 atom stereocenters. The van der Waals surface area contributed by atoms with Gasteiger partial charge in [0, 0.05) is 25.6 Å². The van der Waals surface area contributed by atoms with Crippen molar-refractivity contribution in [2.75, 3.05) is 13.6 Å². The van der Waals surface area contributed by atoms with Crippen LogP contribution in [0.4, 0.5) is 0 Å². The third kappa shape index (κ3) is 2.70. The summed E-state index contributed by atoms with van der Waals surface area (Å²) >= 11 is 12.0. The minimum absolute atomic E-state index is 0.0209. The van der Waals surface area contributed by atoms with Gasteiger partial charge in [-0.15, -0.1) is 0 Å². The lowest BCUT2D eigenvalue weighted by Gasteiger charge is -2.17. The van der Waals surface area contributed by atoms with Gasteiger partial charge in [0.15, 0.2) is 0 Å². The highest BCUT2D eigenvalue weighted by Gasteiger charge is 2.33. The molecular formula is C12H12Cl2NO5S-. The molecule has 1 aromatic carbocycles. The number of rotatable bonds is 4. The second-order valence-corrected chi connectivity index (χ2v) is 7.31. The van der Waals surface area contributed by atoms with Gasteiger partial charge in [0.2, 0.25) is 10.0 Å². The van der Waals surface area contributed by atoms with Crippen molar-refractivity contribution < 1.29 is 23.1 Å². The van der Waals surface area contributed by atoms with Crippen molar-refractivity contribution in [2.45, 2.75) is 24.3 Å². The molecule has 0 spiro atoms. The van der Waals surface area contributed by atoms with Crippen molar-refractivity contribution in [3.05, 3.63) is 21.7 Å². The number of carbonyl (C=O) groups excluding carboxylic acids is 1. The Bertz CT molecular complexity index is 704. The molecule has 6 nitrogen and oxygen atoms in total. The van der Waals surface area contributed by atoms with E-state index in [-0.39, 0.29) is 33.7 Å². The Labute approximate surface area is 132 Å². The fourth-order valence-electron chi connectivity index (χ4n) is 1.96. The van der Waals surface area contributed by atoms with Crippen molar-refractivity contribution in [3.63, 3.8) is 0 Å². The van der Waals surface area contributed by atoms with Gasteiger partial charge in [-0.1, -0.05) is 30.1 Å². The summed E-state index contributed by atoms with van der Waals surface area (Å²) in [5, 5.41) is 10.6. The van der Waals surface area contributed by atoms with E-state index in [0.29, 0.717) is 5.56 Å². The first-order valence-corrected chi connectivity index (χ1v) is 8.24. The number of sulfonamides is 1. The number of hydrogen-bond acceptors (Lipinski definition) is 5. The van der Waals surface area contributed by atoms with E-state index >= 15 is 0 Å². The zero-order valence-electron chi connectivity index (χ0n) is 11.2. The highest BCUT2D eigenvalue weighted by Crippen LogP contribution is 2.44. The molecule has 1 heterocycles. The first kappa shape index (κ1) is 16.4. The Morgan fingerprint density at radius 2 is 2.10 bits per heavy atom. The normalized spacial score (nSPS) is 17.7. The zero-order chi connectivity index (χ0) is 15.9. The van der Waals surface area contributed by atoms with Crippen LogP contribution in [0.5, 0.6) is 5.75 Å². The molecule has 0 bridgehead atoms. The number of carboxylic acid groups (broad SMARTS) is 1. The van der Waals surface area contributed by atoms with E-state index in [1.165, 1.54) is 13.1 Å². The van der Waals surface area contributed by atoms with Gasteiger partial charge >= 0.3 is 0 Å². The predicted octanol–water partition coefficient (Wildman–Crippen LogP) is 0.687. The average Bonchev–Trinajstić information content (AvgIpc) is 2.86. The third-order valence-corrected chi connectivity index (χ3v) is 6.19. The van der Waals surface area contributed by atoms with E-state index in [1.54, 1.807) is 6.92 Å². The van der Waals surface area contributed by atoms with Gasteiger partial charge in [0.1, 0.15) is 21.8 Å². The minimum atomic E-state index is -3.80. The molecule has 116 valence electrons. The van der Waals surface area contributed by atoms with E-state index in [4.69, 9.17) is 27.9 Å². The smallest absolute Gasteiger partial charge is 0.244 e. The lowest BCUT2D eigenvalue weighted by Crippen LogP contribution is -2.38. The fraction of sp³-hybridized carbons (Fsp3) is 0.417. The van der Waals surface area contributed by atoms with Crippen LogP contribution < -0.4 is 9.84 Å². The van der Waals surface area contributed by atoms with Crippen molar-refractivity contribution in [1.29, 1.82) is 0 Å². The van der Waals surface area contributed by atoms with Crippen LogP contribution in [0.3, 0.4) is 0 Å². The lowest BCUT2D eigenvalue weighted by molar-refractivity contribution is -0.312. The van der Waals surface area contributed by atoms with Crippen molar-refractivity contribution in [3.8, 4) is 5.75 Å². The number of halogens is 2. The molecule has 21 heavy (non-hydrogen) atoms. The number of fused-ring (bicyclic) bond motifs is 1. The van der Waals surface area contributed by atoms with Crippen LogP contribution in [-0.4, -0.2) is 38.4 Å². The molecule has 0 saturated carbocycles. The summed E-state index contributed by atoms with van der Waals surface area (Å²) in [4.78, 5) is 10.7. The SMILES string of the molecule is CCN(C)S(=O)(=O)c1cc2c(c(Cl)c1Cl)OC(C(=O)[O-])C2. The molecule has 0 amide bonds. The maximum Gasteiger partial charge on any atom is 0.244 e.